The van der Waals surface area contributed by atoms with Crippen LogP contribution in [-0.2, 0) is 20.9 Å². The van der Waals surface area contributed by atoms with Crippen molar-refractivity contribution in [2.45, 2.75) is 45.8 Å². The molecule has 0 saturated carbocycles. The van der Waals surface area contributed by atoms with Gasteiger partial charge in [-0.1, -0.05) is 0 Å². The summed E-state index contributed by atoms with van der Waals surface area (Å²) >= 11 is 1.70. The molecule has 1 atom stereocenters. The second kappa shape index (κ2) is 9.57. The zero-order valence-electron chi connectivity index (χ0n) is 18.7. The van der Waals surface area contributed by atoms with Crippen LogP contribution < -0.4 is 0 Å². The Bertz CT molecular complexity index is 871. The summed E-state index contributed by atoms with van der Waals surface area (Å²) in [7, 11) is 0. The van der Waals surface area contributed by atoms with Crippen molar-refractivity contribution in [2.24, 2.45) is 10.8 Å². The molecule has 4 heterocycles. The van der Waals surface area contributed by atoms with Crippen molar-refractivity contribution < 1.29 is 32.7 Å². The maximum Gasteiger partial charge on any atom is 0.490 e. The van der Waals surface area contributed by atoms with E-state index in [0.717, 1.165) is 63.5 Å². The molecule has 8 nitrogen and oxygen atoms in total. The van der Waals surface area contributed by atoms with Crippen LogP contribution in [0.2, 0.25) is 0 Å². The Balaban J connectivity index is 0.000000383. The summed E-state index contributed by atoms with van der Waals surface area (Å²) in [4.78, 5) is 45.1. The molecule has 0 bridgehead atoms. The second-order valence-electron chi connectivity index (χ2n) is 8.88. The standard InChI is InChI=1S/C19H28N4O2S.C2HF3O2/c1-3-22-10-6-19(17(22)25)14-23(15(2)24)13-18(19)4-8-21(9-5-18)12-16-20-7-11-26-16;3-2(4,5)1(6)7/h7,11H,3-6,8-10,12-14H2,1-2H3;(H,6,7). The van der Waals surface area contributed by atoms with E-state index in [9.17, 15) is 22.8 Å². The van der Waals surface area contributed by atoms with E-state index in [1.807, 2.05) is 21.4 Å². The number of carbonyl (C=O) groups excluding carboxylic acids is 2. The smallest absolute Gasteiger partial charge is 0.475 e. The third-order valence-electron chi connectivity index (χ3n) is 7.20. The molecule has 1 N–H and O–H groups in total. The number of carbonyl (C=O) groups is 3. The molecule has 4 rings (SSSR count). The summed E-state index contributed by atoms with van der Waals surface area (Å²) in [6.07, 6.45) is -0.342. The molecule has 12 heteroatoms. The van der Waals surface area contributed by atoms with E-state index in [-0.39, 0.29) is 22.6 Å². The Kier molecular flexibility index (Phi) is 7.37. The van der Waals surface area contributed by atoms with E-state index < -0.39 is 12.1 Å². The Labute approximate surface area is 194 Å². The van der Waals surface area contributed by atoms with Gasteiger partial charge in [0.1, 0.15) is 5.01 Å². The molecule has 0 aliphatic carbocycles. The van der Waals surface area contributed by atoms with Crippen LogP contribution in [0, 0.1) is 10.8 Å². The number of likely N-dealkylation sites (tertiary alicyclic amines) is 3. The summed E-state index contributed by atoms with van der Waals surface area (Å²) in [6.45, 7) is 9.52. The maximum atomic E-state index is 13.3. The van der Waals surface area contributed by atoms with Gasteiger partial charge in [-0.15, -0.1) is 11.3 Å². The van der Waals surface area contributed by atoms with E-state index in [1.54, 1.807) is 18.3 Å². The lowest BCUT2D eigenvalue weighted by Gasteiger charge is -2.46. The van der Waals surface area contributed by atoms with Crippen molar-refractivity contribution in [3.63, 3.8) is 0 Å². The van der Waals surface area contributed by atoms with Crippen LogP contribution in [0.1, 0.15) is 38.1 Å². The quantitative estimate of drug-likeness (QED) is 0.700. The molecule has 1 aromatic heterocycles. The lowest BCUT2D eigenvalue weighted by atomic mass is 9.60. The number of thiazole rings is 1. The highest BCUT2D eigenvalue weighted by Gasteiger charge is 2.65. The topological polar surface area (TPSA) is 94.0 Å². The molecule has 1 unspecified atom stereocenters. The molecule has 2 amide bonds. The van der Waals surface area contributed by atoms with Crippen molar-refractivity contribution in [2.75, 3.05) is 39.3 Å². The Hall–Kier alpha value is -2.21. The summed E-state index contributed by atoms with van der Waals surface area (Å²) in [5, 5.41) is 10.3. The van der Waals surface area contributed by atoms with Crippen molar-refractivity contribution in [1.29, 1.82) is 0 Å². The van der Waals surface area contributed by atoms with E-state index in [2.05, 4.69) is 16.8 Å². The fourth-order valence-electron chi connectivity index (χ4n) is 5.36. The number of aliphatic carboxylic acids is 1. The van der Waals surface area contributed by atoms with Crippen LogP contribution in [0.15, 0.2) is 11.6 Å². The minimum Gasteiger partial charge on any atom is -0.475 e. The molecule has 33 heavy (non-hydrogen) atoms. The monoisotopic (exact) mass is 490 g/mol. The van der Waals surface area contributed by atoms with E-state index in [4.69, 9.17) is 9.90 Å². The number of carboxylic acid groups (broad SMARTS) is 1. The third kappa shape index (κ3) is 5.01. The van der Waals surface area contributed by atoms with Gasteiger partial charge in [-0.3, -0.25) is 14.5 Å². The summed E-state index contributed by atoms with van der Waals surface area (Å²) < 4.78 is 31.7. The van der Waals surface area contributed by atoms with Gasteiger partial charge in [-0.2, -0.15) is 13.2 Å². The minimum atomic E-state index is -5.08. The zero-order chi connectivity index (χ0) is 24.4. The number of hydrogen-bond acceptors (Lipinski definition) is 6. The number of nitrogens with zero attached hydrogens (tertiary/aromatic N) is 4. The number of fused-ring (bicyclic) bond motifs is 1. The average Bonchev–Trinajstić information content (AvgIpc) is 3.45. The molecule has 3 aliphatic heterocycles. The van der Waals surface area contributed by atoms with E-state index in [1.165, 1.54) is 0 Å². The lowest BCUT2D eigenvalue weighted by Crippen LogP contribution is -2.52. The number of rotatable bonds is 3. The fraction of sp³-hybridized carbons (Fsp3) is 0.714. The Morgan fingerprint density at radius 3 is 2.27 bits per heavy atom. The van der Waals surface area contributed by atoms with Gasteiger partial charge in [0.15, 0.2) is 0 Å². The van der Waals surface area contributed by atoms with Gasteiger partial charge in [0.2, 0.25) is 11.8 Å². The van der Waals surface area contributed by atoms with E-state index in [0.29, 0.717) is 6.54 Å². The van der Waals surface area contributed by atoms with Crippen LogP contribution >= 0.6 is 11.3 Å². The first-order chi connectivity index (χ1) is 15.4. The van der Waals surface area contributed by atoms with Gasteiger partial charge in [0, 0.05) is 50.1 Å². The number of alkyl halides is 3. The van der Waals surface area contributed by atoms with Gasteiger partial charge >= 0.3 is 12.1 Å². The predicted molar refractivity (Wildman–Crippen MR) is 114 cm³/mol. The highest BCUT2D eigenvalue weighted by Crippen LogP contribution is 2.57. The zero-order valence-corrected chi connectivity index (χ0v) is 19.5. The predicted octanol–water partition coefficient (Wildman–Crippen LogP) is 2.46. The van der Waals surface area contributed by atoms with Crippen LogP contribution in [0.25, 0.3) is 0 Å². The molecule has 3 aliphatic rings. The molecular formula is C21H29F3N4O4S. The molecule has 1 aromatic rings. The third-order valence-corrected chi connectivity index (χ3v) is 7.96. The van der Waals surface area contributed by atoms with E-state index >= 15 is 0 Å². The van der Waals surface area contributed by atoms with Crippen LogP contribution in [0.5, 0.6) is 0 Å². The van der Waals surface area contributed by atoms with Crippen molar-refractivity contribution >= 4 is 29.1 Å². The SMILES string of the molecule is CCN1CCC2(CN(C(C)=O)CC23CCN(Cc2nccs2)CC3)C1=O.O=C(O)C(F)(F)F. The van der Waals surface area contributed by atoms with Crippen molar-refractivity contribution in [3.8, 4) is 0 Å². The Morgan fingerprint density at radius 1 is 1.18 bits per heavy atom. The second-order valence-corrected chi connectivity index (χ2v) is 9.86. The number of aromatic nitrogens is 1. The number of halogens is 3. The van der Waals surface area contributed by atoms with Gasteiger partial charge < -0.3 is 14.9 Å². The van der Waals surface area contributed by atoms with Crippen molar-refractivity contribution in [1.82, 2.24) is 19.7 Å². The number of amides is 2. The molecule has 3 fully saturated rings. The summed E-state index contributed by atoms with van der Waals surface area (Å²) in [5.41, 5.74) is -0.416. The maximum absolute atomic E-state index is 13.3. The lowest BCUT2D eigenvalue weighted by molar-refractivity contribution is -0.192. The molecule has 0 aromatic carbocycles. The molecular weight excluding hydrogens is 461 g/mol. The molecule has 3 saturated heterocycles. The average molecular weight is 491 g/mol. The first kappa shape index (κ1) is 25.4. The molecule has 184 valence electrons. The number of hydrogen-bond donors (Lipinski definition) is 1. The largest absolute Gasteiger partial charge is 0.490 e. The van der Waals surface area contributed by atoms with Gasteiger partial charge in [-0.25, -0.2) is 9.78 Å². The highest BCUT2D eigenvalue weighted by atomic mass is 32.1. The fourth-order valence-corrected chi connectivity index (χ4v) is 6.02. The van der Waals surface area contributed by atoms with Gasteiger partial charge in [0.25, 0.3) is 0 Å². The summed E-state index contributed by atoms with van der Waals surface area (Å²) in [6, 6.07) is 0. The highest BCUT2D eigenvalue weighted by molar-refractivity contribution is 7.09. The van der Waals surface area contributed by atoms with Gasteiger partial charge in [0.05, 0.1) is 12.0 Å². The minimum absolute atomic E-state index is 0.0565. The normalized spacial score (nSPS) is 24.9. The summed E-state index contributed by atoms with van der Waals surface area (Å²) in [5.74, 6) is -2.36. The van der Waals surface area contributed by atoms with Crippen molar-refractivity contribution in [3.05, 3.63) is 16.6 Å². The van der Waals surface area contributed by atoms with Crippen LogP contribution in [-0.4, -0.2) is 88.0 Å². The van der Waals surface area contributed by atoms with Crippen LogP contribution in [0.4, 0.5) is 13.2 Å². The van der Waals surface area contributed by atoms with Crippen LogP contribution in [0.3, 0.4) is 0 Å². The molecule has 2 spiro atoms. The Morgan fingerprint density at radius 2 is 1.82 bits per heavy atom. The first-order valence-electron chi connectivity index (χ1n) is 10.9. The van der Waals surface area contributed by atoms with Gasteiger partial charge in [-0.05, 0) is 39.3 Å². The number of carboxylic acids is 1. The first-order valence-corrected chi connectivity index (χ1v) is 11.8. The number of piperidine rings is 1. The molecule has 0 radical (unpaired) electrons.